The van der Waals surface area contributed by atoms with Gasteiger partial charge in [0, 0.05) is 27.4 Å². The first-order chi connectivity index (χ1) is 21.6. The number of anilines is 2. The fraction of sp³-hybridized carbons (Fsp3) is 0.0938. The fourth-order valence-corrected chi connectivity index (χ4v) is 5.33. The van der Waals surface area contributed by atoms with Crippen molar-refractivity contribution in [2.24, 2.45) is 5.14 Å². The minimum Gasteiger partial charge on any atom is -0.493 e. The number of methoxy groups -OCH3 is 2. The molecular formula is C32H30N4O7S2. The van der Waals surface area contributed by atoms with Gasteiger partial charge in [-0.1, -0.05) is 36.4 Å². The molecule has 0 aromatic heterocycles. The van der Waals surface area contributed by atoms with Gasteiger partial charge in [0.15, 0.2) is 11.5 Å². The monoisotopic (exact) mass is 646 g/mol. The zero-order valence-electron chi connectivity index (χ0n) is 24.3. The van der Waals surface area contributed by atoms with Crippen molar-refractivity contribution in [1.29, 1.82) is 0 Å². The second kappa shape index (κ2) is 15.1. The Balaban J connectivity index is 1.48. The van der Waals surface area contributed by atoms with Crippen LogP contribution in [0.2, 0.25) is 0 Å². The van der Waals surface area contributed by atoms with Crippen molar-refractivity contribution in [3.05, 3.63) is 114 Å². The third kappa shape index (κ3) is 9.19. The molecule has 0 unspecified atom stereocenters. The molecule has 11 nitrogen and oxygen atoms in total. The van der Waals surface area contributed by atoms with Crippen LogP contribution in [0.15, 0.2) is 113 Å². The standard InChI is InChI=1S/C32H30N4O7S2/c1-42-28-13-6-10-22(30(28)43-2)18-27(36-31(38)21-8-4-3-5-9-21)32(39)35-24-11-7-12-25(19-24)44-20-29(37)34-23-14-16-26(17-15-23)45(33,40)41/h3-19H,20H2,1-2H3,(H,34,37)(H,35,39)(H,36,38)(H2,33,40,41)/b27-18+. The van der Waals surface area contributed by atoms with E-state index in [4.69, 9.17) is 14.6 Å². The lowest BCUT2D eigenvalue weighted by atomic mass is 10.1. The summed E-state index contributed by atoms with van der Waals surface area (Å²) in [4.78, 5) is 39.7. The number of hydrogen-bond acceptors (Lipinski definition) is 8. The quantitative estimate of drug-likeness (QED) is 0.129. The third-order valence-electron chi connectivity index (χ3n) is 6.19. The van der Waals surface area contributed by atoms with Crippen LogP contribution >= 0.6 is 11.8 Å². The Hall–Kier alpha value is -5.11. The van der Waals surface area contributed by atoms with E-state index in [0.29, 0.717) is 38.9 Å². The summed E-state index contributed by atoms with van der Waals surface area (Å²) >= 11 is 1.23. The van der Waals surface area contributed by atoms with Crippen LogP contribution in [0.5, 0.6) is 11.5 Å². The smallest absolute Gasteiger partial charge is 0.272 e. The van der Waals surface area contributed by atoms with E-state index < -0.39 is 21.8 Å². The zero-order chi connectivity index (χ0) is 32.4. The predicted molar refractivity (Wildman–Crippen MR) is 174 cm³/mol. The van der Waals surface area contributed by atoms with Crippen molar-refractivity contribution in [2.75, 3.05) is 30.6 Å². The molecule has 0 fully saturated rings. The molecule has 0 bridgehead atoms. The highest BCUT2D eigenvalue weighted by Crippen LogP contribution is 2.32. The van der Waals surface area contributed by atoms with E-state index >= 15 is 0 Å². The summed E-state index contributed by atoms with van der Waals surface area (Å²) in [5.74, 6) is -0.507. The molecule has 5 N–H and O–H groups in total. The molecule has 0 heterocycles. The number of thioether (sulfide) groups is 1. The molecule has 0 aliphatic rings. The first kappa shape index (κ1) is 32.8. The largest absolute Gasteiger partial charge is 0.493 e. The lowest BCUT2D eigenvalue weighted by molar-refractivity contribution is -0.114. The van der Waals surface area contributed by atoms with Gasteiger partial charge in [0.05, 0.1) is 24.9 Å². The number of nitrogens with one attached hydrogen (secondary N) is 3. The molecule has 4 aromatic carbocycles. The molecule has 4 aromatic rings. The maximum atomic E-state index is 13.5. The zero-order valence-corrected chi connectivity index (χ0v) is 25.9. The summed E-state index contributed by atoms with van der Waals surface area (Å²) in [6.45, 7) is 0. The molecule has 0 radical (unpaired) electrons. The Morgan fingerprint density at radius 3 is 2.20 bits per heavy atom. The summed E-state index contributed by atoms with van der Waals surface area (Å²) < 4.78 is 33.7. The number of carbonyl (C=O) groups excluding carboxylic acids is 3. The maximum absolute atomic E-state index is 13.5. The van der Waals surface area contributed by atoms with Crippen LogP contribution in [0.1, 0.15) is 15.9 Å². The molecule has 232 valence electrons. The van der Waals surface area contributed by atoms with Gasteiger partial charge in [-0.05, 0) is 66.7 Å². The molecule has 0 saturated heterocycles. The second-order valence-electron chi connectivity index (χ2n) is 9.35. The van der Waals surface area contributed by atoms with E-state index in [1.165, 1.54) is 56.3 Å². The Labute approximate surface area is 264 Å². The van der Waals surface area contributed by atoms with Gasteiger partial charge in [-0.3, -0.25) is 14.4 Å². The van der Waals surface area contributed by atoms with Gasteiger partial charge in [0.25, 0.3) is 11.8 Å². The number of hydrogen-bond donors (Lipinski definition) is 4. The van der Waals surface area contributed by atoms with E-state index in [2.05, 4.69) is 16.0 Å². The first-order valence-corrected chi connectivity index (χ1v) is 15.9. The van der Waals surface area contributed by atoms with Crippen LogP contribution < -0.4 is 30.6 Å². The van der Waals surface area contributed by atoms with E-state index in [-0.39, 0.29) is 22.3 Å². The van der Waals surface area contributed by atoms with E-state index in [1.54, 1.807) is 72.8 Å². The SMILES string of the molecule is COc1cccc(/C=C(/NC(=O)c2ccccc2)C(=O)Nc2cccc(SCC(=O)Nc3ccc(S(N)(=O)=O)cc3)c2)c1OC. The number of carbonyl (C=O) groups is 3. The average Bonchev–Trinajstić information content (AvgIpc) is 3.03. The number of primary sulfonamides is 1. The van der Waals surface area contributed by atoms with Crippen molar-refractivity contribution >= 4 is 57.0 Å². The highest BCUT2D eigenvalue weighted by molar-refractivity contribution is 8.00. The Bertz CT molecular complexity index is 1830. The number of benzene rings is 4. The Morgan fingerprint density at radius 1 is 0.822 bits per heavy atom. The number of para-hydroxylation sites is 1. The van der Waals surface area contributed by atoms with E-state index in [0.717, 1.165) is 0 Å². The number of rotatable bonds is 12. The molecule has 0 aliphatic carbocycles. The lowest BCUT2D eigenvalue weighted by Crippen LogP contribution is -2.30. The average molecular weight is 647 g/mol. The molecule has 0 saturated carbocycles. The van der Waals surface area contributed by atoms with Crippen LogP contribution in [0.4, 0.5) is 11.4 Å². The lowest BCUT2D eigenvalue weighted by Gasteiger charge is -2.14. The summed E-state index contributed by atoms with van der Waals surface area (Å²) in [7, 11) is -0.859. The van der Waals surface area contributed by atoms with Crippen LogP contribution in [0, 0.1) is 0 Å². The Morgan fingerprint density at radius 2 is 1.53 bits per heavy atom. The number of sulfonamides is 1. The summed E-state index contributed by atoms with van der Waals surface area (Å²) in [5.41, 5.74) is 1.68. The summed E-state index contributed by atoms with van der Waals surface area (Å²) in [5, 5.41) is 13.3. The maximum Gasteiger partial charge on any atom is 0.272 e. The molecule has 13 heteroatoms. The normalized spacial score (nSPS) is 11.3. The van der Waals surface area contributed by atoms with Crippen molar-refractivity contribution < 1.29 is 32.3 Å². The topological polar surface area (TPSA) is 166 Å². The molecule has 45 heavy (non-hydrogen) atoms. The minimum absolute atomic E-state index is 0.0405. The molecule has 4 rings (SSSR count). The van der Waals surface area contributed by atoms with Crippen LogP contribution in [0.25, 0.3) is 6.08 Å². The highest BCUT2D eigenvalue weighted by atomic mass is 32.2. The van der Waals surface area contributed by atoms with Gasteiger partial charge in [0.2, 0.25) is 15.9 Å². The Kier molecular flexibility index (Phi) is 11.0. The van der Waals surface area contributed by atoms with Gasteiger partial charge < -0.3 is 25.4 Å². The molecule has 0 spiro atoms. The van der Waals surface area contributed by atoms with Gasteiger partial charge in [-0.2, -0.15) is 0 Å². The summed E-state index contributed by atoms with van der Waals surface area (Å²) in [6.07, 6.45) is 1.50. The molecule has 3 amide bonds. The number of ether oxygens (including phenoxy) is 2. The highest BCUT2D eigenvalue weighted by Gasteiger charge is 2.18. The van der Waals surface area contributed by atoms with Crippen molar-refractivity contribution in [3.63, 3.8) is 0 Å². The first-order valence-electron chi connectivity index (χ1n) is 13.3. The van der Waals surface area contributed by atoms with Gasteiger partial charge >= 0.3 is 0 Å². The minimum atomic E-state index is -3.84. The van der Waals surface area contributed by atoms with Gasteiger partial charge in [-0.25, -0.2) is 13.6 Å². The van der Waals surface area contributed by atoms with Crippen molar-refractivity contribution in [3.8, 4) is 11.5 Å². The van der Waals surface area contributed by atoms with Crippen molar-refractivity contribution in [1.82, 2.24) is 5.32 Å². The molecular weight excluding hydrogens is 617 g/mol. The second-order valence-corrected chi connectivity index (χ2v) is 12.0. The third-order valence-corrected chi connectivity index (χ3v) is 8.11. The predicted octanol–water partition coefficient (Wildman–Crippen LogP) is 4.49. The molecule has 0 atom stereocenters. The fourth-order valence-electron chi connectivity index (χ4n) is 4.06. The summed E-state index contributed by atoms with van der Waals surface area (Å²) in [6, 6.07) is 26.0. The van der Waals surface area contributed by atoms with Crippen molar-refractivity contribution in [2.45, 2.75) is 9.79 Å². The van der Waals surface area contributed by atoms with Gasteiger partial charge in [0.1, 0.15) is 5.70 Å². The van der Waals surface area contributed by atoms with E-state index in [9.17, 15) is 22.8 Å². The molecule has 0 aliphatic heterocycles. The number of amides is 3. The number of nitrogens with two attached hydrogens (primary N) is 1. The van der Waals surface area contributed by atoms with Crippen LogP contribution in [0.3, 0.4) is 0 Å². The van der Waals surface area contributed by atoms with Crippen LogP contribution in [-0.4, -0.2) is 46.1 Å². The van der Waals surface area contributed by atoms with Crippen LogP contribution in [-0.2, 0) is 19.6 Å². The van der Waals surface area contributed by atoms with Gasteiger partial charge in [-0.15, -0.1) is 11.8 Å². The van der Waals surface area contributed by atoms with E-state index in [1.807, 2.05) is 0 Å².